The Kier molecular flexibility index (Phi) is 6.44. The summed E-state index contributed by atoms with van der Waals surface area (Å²) in [5.74, 6) is -0.179. The van der Waals surface area contributed by atoms with Gasteiger partial charge in [-0.3, -0.25) is 9.69 Å². The zero-order chi connectivity index (χ0) is 22.2. The summed E-state index contributed by atoms with van der Waals surface area (Å²) < 4.78 is 0. The van der Waals surface area contributed by atoms with Crippen molar-refractivity contribution in [2.75, 3.05) is 44.6 Å². The molecule has 31 heavy (non-hydrogen) atoms. The van der Waals surface area contributed by atoms with Crippen LogP contribution in [0.5, 0.6) is 0 Å². The van der Waals surface area contributed by atoms with Gasteiger partial charge < -0.3 is 25.3 Å². The number of aliphatic hydroxyl groups excluding tert-OH is 2. The number of piperidine rings is 1. The first kappa shape index (κ1) is 22.3. The summed E-state index contributed by atoms with van der Waals surface area (Å²) >= 11 is 5.96. The number of anilines is 1. The van der Waals surface area contributed by atoms with E-state index in [0.717, 1.165) is 25.8 Å². The molecule has 0 unspecified atom stereocenters. The van der Waals surface area contributed by atoms with Crippen molar-refractivity contribution in [2.45, 2.75) is 44.4 Å². The maximum atomic E-state index is 12.8. The van der Waals surface area contributed by atoms with Crippen molar-refractivity contribution in [2.24, 2.45) is 5.41 Å². The van der Waals surface area contributed by atoms with Crippen LogP contribution in [0.1, 0.15) is 26.2 Å². The summed E-state index contributed by atoms with van der Waals surface area (Å²) in [6.07, 6.45) is 2.16. The van der Waals surface area contributed by atoms with Crippen molar-refractivity contribution in [1.29, 1.82) is 0 Å². The predicted molar refractivity (Wildman–Crippen MR) is 118 cm³/mol. The van der Waals surface area contributed by atoms with Crippen LogP contribution in [0, 0.1) is 5.41 Å². The third kappa shape index (κ3) is 4.98. The molecule has 3 amide bonds. The van der Waals surface area contributed by atoms with Crippen molar-refractivity contribution >= 4 is 29.2 Å². The van der Waals surface area contributed by atoms with Gasteiger partial charge in [0.05, 0.1) is 12.2 Å². The standard InChI is InChI=1S/C22H31ClN4O4/c1-15-20(30)26(9-10-27(15)21(31)24-17-4-2-3-16(23)11-17)13-18(28)12-25-8-7-22(5-6-22)19(29)14-25/h2-4,11,15,18-19,28-29H,5-10,12-14H2,1H3,(H,24,31)/t15-,18+,19+/m0/s1. The molecule has 1 spiro atoms. The van der Waals surface area contributed by atoms with Gasteiger partial charge in [0, 0.05) is 43.4 Å². The van der Waals surface area contributed by atoms with Gasteiger partial charge in [-0.1, -0.05) is 17.7 Å². The number of aliphatic hydroxyl groups is 2. The first-order chi connectivity index (χ1) is 14.8. The van der Waals surface area contributed by atoms with Gasteiger partial charge >= 0.3 is 6.03 Å². The molecule has 2 heterocycles. The van der Waals surface area contributed by atoms with Crippen LogP contribution >= 0.6 is 11.6 Å². The van der Waals surface area contributed by atoms with Crippen LogP contribution in [0.25, 0.3) is 0 Å². The number of hydrogen-bond acceptors (Lipinski definition) is 5. The number of nitrogens with one attached hydrogen (secondary N) is 1. The van der Waals surface area contributed by atoms with E-state index in [0.29, 0.717) is 36.9 Å². The van der Waals surface area contributed by atoms with E-state index in [1.807, 2.05) is 0 Å². The first-order valence-electron chi connectivity index (χ1n) is 11.0. The second-order valence-electron chi connectivity index (χ2n) is 9.14. The van der Waals surface area contributed by atoms with Crippen LogP contribution in [-0.4, -0.2) is 94.4 Å². The Morgan fingerprint density at radius 1 is 1.26 bits per heavy atom. The van der Waals surface area contributed by atoms with Crippen molar-refractivity contribution in [3.63, 3.8) is 0 Å². The number of likely N-dealkylation sites (tertiary alicyclic amines) is 1. The van der Waals surface area contributed by atoms with E-state index in [-0.39, 0.29) is 30.0 Å². The lowest BCUT2D eigenvalue weighted by Crippen LogP contribution is -2.60. The highest BCUT2D eigenvalue weighted by Crippen LogP contribution is 2.53. The molecule has 0 bridgehead atoms. The second-order valence-corrected chi connectivity index (χ2v) is 9.57. The van der Waals surface area contributed by atoms with Gasteiger partial charge in [-0.2, -0.15) is 0 Å². The Morgan fingerprint density at radius 3 is 2.71 bits per heavy atom. The lowest BCUT2D eigenvalue weighted by Gasteiger charge is -2.41. The van der Waals surface area contributed by atoms with Gasteiger partial charge in [-0.05, 0) is 56.3 Å². The number of urea groups is 1. The molecule has 1 aromatic rings. The first-order valence-corrected chi connectivity index (χ1v) is 11.4. The lowest BCUT2D eigenvalue weighted by molar-refractivity contribution is -0.141. The molecule has 9 heteroatoms. The van der Waals surface area contributed by atoms with Gasteiger partial charge in [-0.25, -0.2) is 4.79 Å². The predicted octanol–water partition coefficient (Wildman–Crippen LogP) is 1.61. The molecule has 3 fully saturated rings. The van der Waals surface area contributed by atoms with E-state index in [1.54, 1.807) is 36.1 Å². The average molecular weight is 451 g/mol. The minimum absolute atomic E-state index is 0.134. The molecule has 3 aliphatic rings. The largest absolute Gasteiger partial charge is 0.391 e. The summed E-state index contributed by atoms with van der Waals surface area (Å²) in [5.41, 5.74) is 0.709. The van der Waals surface area contributed by atoms with E-state index in [9.17, 15) is 19.8 Å². The van der Waals surface area contributed by atoms with Crippen molar-refractivity contribution < 1.29 is 19.8 Å². The monoisotopic (exact) mass is 450 g/mol. The van der Waals surface area contributed by atoms with Gasteiger partial charge in [0.2, 0.25) is 5.91 Å². The number of benzene rings is 1. The number of piperazine rings is 1. The minimum Gasteiger partial charge on any atom is -0.391 e. The fourth-order valence-electron chi connectivity index (χ4n) is 4.75. The molecule has 8 nitrogen and oxygen atoms in total. The summed E-state index contributed by atoms with van der Waals surface area (Å²) in [4.78, 5) is 30.7. The van der Waals surface area contributed by atoms with E-state index in [2.05, 4.69) is 10.2 Å². The number of nitrogens with zero attached hydrogens (tertiary/aromatic N) is 3. The maximum Gasteiger partial charge on any atom is 0.322 e. The lowest BCUT2D eigenvalue weighted by atomic mass is 9.90. The molecule has 3 atom stereocenters. The molecular formula is C22H31ClN4O4. The second kappa shape index (κ2) is 8.94. The molecule has 0 aromatic heterocycles. The molecule has 1 saturated carbocycles. The Morgan fingerprint density at radius 2 is 2.03 bits per heavy atom. The van der Waals surface area contributed by atoms with Crippen LogP contribution < -0.4 is 5.32 Å². The normalized spacial score (nSPS) is 26.8. The van der Waals surface area contributed by atoms with Crippen molar-refractivity contribution in [1.82, 2.24) is 14.7 Å². The highest BCUT2D eigenvalue weighted by molar-refractivity contribution is 6.30. The molecule has 2 aliphatic heterocycles. The Hall–Kier alpha value is -1.87. The number of halogens is 1. The van der Waals surface area contributed by atoms with Crippen LogP contribution in [0.2, 0.25) is 5.02 Å². The topological polar surface area (TPSA) is 96.3 Å². The summed E-state index contributed by atoms with van der Waals surface area (Å²) in [6.45, 7) is 4.57. The number of β-amino-alcohol motifs (C(OH)–C–C–N with tert-alkyl or cyclic N) is 2. The van der Waals surface area contributed by atoms with Gasteiger partial charge in [-0.15, -0.1) is 0 Å². The molecule has 1 aromatic carbocycles. The molecule has 3 N–H and O–H groups in total. The fraction of sp³-hybridized carbons (Fsp3) is 0.636. The van der Waals surface area contributed by atoms with E-state index >= 15 is 0 Å². The molecular weight excluding hydrogens is 420 g/mol. The van der Waals surface area contributed by atoms with Gasteiger partial charge in [0.15, 0.2) is 0 Å². The van der Waals surface area contributed by atoms with Crippen LogP contribution in [0.3, 0.4) is 0 Å². The highest BCUT2D eigenvalue weighted by atomic mass is 35.5. The third-order valence-electron chi connectivity index (χ3n) is 6.94. The van der Waals surface area contributed by atoms with Crippen molar-refractivity contribution in [3.05, 3.63) is 29.3 Å². The number of carbonyl (C=O) groups excluding carboxylic acids is 2. The maximum absolute atomic E-state index is 12.8. The third-order valence-corrected chi connectivity index (χ3v) is 7.18. The molecule has 0 radical (unpaired) electrons. The minimum atomic E-state index is -0.691. The molecule has 2 saturated heterocycles. The zero-order valence-corrected chi connectivity index (χ0v) is 18.6. The Labute approximate surface area is 187 Å². The van der Waals surface area contributed by atoms with E-state index in [4.69, 9.17) is 11.6 Å². The number of hydrogen-bond donors (Lipinski definition) is 3. The van der Waals surface area contributed by atoms with Crippen LogP contribution in [-0.2, 0) is 4.79 Å². The number of carbonyl (C=O) groups is 2. The van der Waals surface area contributed by atoms with E-state index in [1.165, 1.54) is 4.90 Å². The highest BCUT2D eigenvalue weighted by Gasteiger charge is 2.51. The smallest absolute Gasteiger partial charge is 0.322 e. The fourth-order valence-corrected chi connectivity index (χ4v) is 4.94. The van der Waals surface area contributed by atoms with Crippen LogP contribution in [0.4, 0.5) is 10.5 Å². The summed E-state index contributed by atoms with van der Waals surface area (Å²) in [7, 11) is 0. The van der Waals surface area contributed by atoms with Crippen LogP contribution in [0.15, 0.2) is 24.3 Å². The number of amides is 3. The Bertz CT molecular complexity index is 833. The zero-order valence-electron chi connectivity index (χ0n) is 17.8. The van der Waals surface area contributed by atoms with E-state index < -0.39 is 12.1 Å². The van der Waals surface area contributed by atoms with Gasteiger partial charge in [0.25, 0.3) is 0 Å². The molecule has 4 rings (SSSR count). The van der Waals surface area contributed by atoms with Crippen molar-refractivity contribution in [3.8, 4) is 0 Å². The number of rotatable bonds is 5. The Balaban J connectivity index is 1.26. The quantitative estimate of drug-likeness (QED) is 0.633. The summed E-state index contributed by atoms with van der Waals surface area (Å²) in [5, 5.41) is 24.2. The average Bonchev–Trinajstić information content (AvgIpc) is 3.49. The summed E-state index contributed by atoms with van der Waals surface area (Å²) in [6, 6.07) is 5.90. The molecule has 170 valence electrons. The SMILES string of the molecule is C[C@H]1C(=O)N(C[C@H](O)CN2CCC3(CC3)[C@H](O)C2)CCN1C(=O)Nc1cccc(Cl)c1. The van der Waals surface area contributed by atoms with Gasteiger partial charge in [0.1, 0.15) is 6.04 Å². The molecule has 1 aliphatic carbocycles.